The molecule has 0 bridgehead atoms. The van der Waals surface area contributed by atoms with E-state index in [2.05, 4.69) is 52.0 Å². The Morgan fingerprint density at radius 3 is 2.24 bits per heavy atom. The molecule has 0 saturated heterocycles. The van der Waals surface area contributed by atoms with E-state index in [-0.39, 0.29) is 18.9 Å². The normalized spacial score (nSPS) is 10.6. The van der Waals surface area contributed by atoms with E-state index in [0.717, 1.165) is 22.0 Å². The number of rotatable bonds is 9. The van der Waals surface area contributed by atoms with Crippen molar-refractivity contribution in [1.29, 1.82) is 0 Å². The summed E-state index contributed by atoms with van der Waals surface area (Å²) in [6, 6.07) is 26.0. The molecule has 4 rings (SSSR count). The quantitative estimate of drug-likeness (QED) is 0.345. The van der Waals surface area contributed by atoms with Crippen LogP contribution >= 0.6 is 11.3 Å². The second-order valence-corrected chi connectivity index (χ2v) is 8.75. The molecule has 0 spiro atoms. The molecule has 1 heterocycles. The van der Waals surface area contributed by atoms with Gasteiger partial charge in [0.25, 0.3) is 5.91 Å². The fourth-order valence-electron chi connectivity index (χ4n) is 3.52. The minimum absolute atomic E-state index is 0.0956. The molecule has 172 valence electrons. The number of carboxylic acids is 1. The van der Waals surface area contributed by atoms with Gasteiger partial charge in [-0.25, -0.2) is 4.98 Å². The third-order valence-corrected chi connectivity index (χ3v) is 6.32. The van der Waals surface area contributed by atoms with Crippen LogP contribution < -0.4 is 10.2 Å². The number of nitrogens with one attached hydrogen (secondary N) is 1. The Bertz CT molecular complexity index is 1250. The summed E-state index contributed by atoms with van der Waals surface area (Å²) >= 11 is 1.59. The predicted octanol–water partition coefficient (Wildman–Crippen LogP) is 5.32. The maximum Gasteiger partial charge on any atom is 0.305 e. The third kappa shape index (κ3) is 5.88. The zero-order valence-electron chi connectivity index (χ0n) is 18.8. The van der Waals surface area contributed by atoms with E-state index in [1.165, 1.54) is 11.1 Å². The van der Waals surface area contributed by atoms with Crippen molar-refractivity contribution in [2.45, 2.75) is 13.0 Å². The van der Waals surface area contributed by atoms with Crippen molar-refractivity contribution in [3.8, 4) is 22.4 Å². The second kappa shape index (κ2) is 10.8. The molecule has 0 aliphatic carbocycles. The van der Waals surface area contributed by atoms with E-state index in [1.54, 1.807) is 23.5 Å². The van der Waals surface area contributed by atoms with Gasteiger partial charge in [-0.3, -0.25) is 9.59 Å². The monoisotopic (exact) mass is 471 g/mol. The first-order valence-electron chi connectivity index (χ1n) is 10.9. The van der Waals surface area contributed by atoms with Crippen molar-refractivity contribution in [3.63, 3.8) is 0 Å². The lowest BCUT2D eigenvalue weighted by atomic mass is 10.0. The molecule has 34 heavy (non-hydrogen) atoms. The van der Waals surface area contributed by atoms with Gasteiger partial charge in [0.2, 0.25) is 0 Å². The fraction of sp³-hybridized carbons (Fsp3) is 0.148. The van der Waals surface area contributed by atoms with E-state index in [4.69, 9.17) is 10.1 Å². The summed E-state index contributed by atoms with van der Waals surface area (Å²) in [5, 5.41) is 14.3. The molecule has 0 saturated carbocycles. The third-order valence-electron chi connectivity index (χ3n) is 5.37. The summed E-state index contributed by atoms with van der Waals surface area (Å²) in [4.78, 5) is 29.6. The average Bonchev–Trinajstić information content (AvgIpc) is 3.35. The number of carbonyl (C=O) groups is 2. The van der Waals surface area contributed by atoms with E-state index in [0.29, 0.717) is 12.1 Å². The Hall–Kier alpha value is -3.97. The van der Waals surface area contributed by atoms with Crippen LogP contribution in [0.2, 0.25) is 0 Å². The highest BCUT2D eigenvalue weighted by Gasteiger charge is 2.11. The largest absolute Gasteiger partial charge is 0.481 e. The topological polar surface area (TPSA) is 82.5 Å². The van der Waals surface area contributed by atoms with Crippen molar-refractivity contribution in [1.82, 2.24) is 10.3 Å². The van der Waals surface area contributed by atoms with E-state index in [1.807, 2.05) is 37.4 Å². The van der Waals surface area contributed by atoms with Crippen LogP contribution in [0.4, 0.5) is 5.13 Å². The first kappa shape index (κ1) is 23.2. The van der Waals surface area contributed by atoms with E-state index in [9.17, 15) is 9.59 Å². The standard InChI is InChI=1S/C27H25N3O3S/c1-30(17-19-7-9-23(10-8-19)26(33)28-16-15-25(31)32)27-29-24(18-34-27)22-13-11-21(12-14-22)20-5-3-2-4-6-20/h2-14,18H,15-17H2,1H3,(H,28,33)(H,31,32). The van der Waals surface area contributed by atoms with Gasteiger partial charge in [0.15, 0.2) is 5.13 Å². The maximum atomic E-state index is 12.1. The van der Waals surface area contributed by atoms with E-state index < -0.39 is 5.97 Å². The van der Waals surface area contributed by atoms with Crippen LogP contribution in [0.5, 0.6) is 0 Å². The summed E-state index contributed by atoms with van der Waals surface area (Å²) in [6.07, 6.45) is -0.0956. The molecule has 1 amide bonds. The van der Waals surface area contributed by atoms with Crippen molar-refractivity contribution in [2.24, 2.45) is 0 Å². The van der Waals surface area contributed by atoms with Gasteiger partial charge in [-0.05, 0) is 28.8 Å². The van der Waals surface area contributed by atoms with Gasteiger partial charge in [-0.15, -0.1) is 11.3 Å². The Balaban J connectivity index is 1.36. The predicted molar refractivity (Wildman–Crippen MR) is 136 cm³/mol. The summed E-state index contributed by atoms with van der Waals surface area (Å²) in [5.41, 5.74) is 5.95. The molecule has 4 aromatic rings. The molecule has 0 unspecified atom stereocenters. The Morgan fingerprint density at radius 2 is 1.56 bits per heavy atom. The van der Waals surface area contributed by atoms with Gasteiger partial charge in [-0.1, -0.05) is 66.7 Å². The SMILES string of the molecule is CN(Cc1ccc(C(=O)NCCC(=O)O)cc1)c1nc(-c2ccc(-c3ccccc3)cc2)cs1. The van der Waals surface area contributed by atoms with Crippen molar-refractivity contribution >= 4 is 28.3 Å². The van der Waals surface area contributed by atoms with Gasteiger partial charge in [0.05, 0.1) is 12.1 Å². The molecule has 7 heteroatoms. The van der Waals surface area contributed by atoms with Crippen molar-refractivity contribution in [2.75, 3.05) is 18.5 Å². The molecule has 0 fully saturated rings. The molecule has 1 aromatic heterocycles. The first-order valence-corrected chi connectivity index (χ1v) is 11.8. The number of carbonyl (C=O) groups excluding carboxylic acids is 1. The average molecular weight is 472 g/mol. The molecule has 2 N–H and O–H groups in total. The molecule has 3 aromatic carbocycles. The highest BCUT2D eigenvalue weighted by atomic mass is 32.1. The molecule has 6 nitrogen and oxygen atoms in total. The summed E-state index contributed by atoms with van der Waals surface area (Å²) in [7, 11) is 1.99. The first-order chi connectivity index (χ1) is 16.5. The summed E-state index contributed by atoms with van der Waals surface area (Å²) in [6.45, 7) is 0.765. The lowest BCUT2D eigenvalue weighted by molar-refractivity contribution is -0.136. The second-order valence-electron chi connectivity index (χ2n) is 7.91. The molecule has 0 aliphatic rings. The molecular formula is C27H25N3O3S. The van der Waals surface area contributed by atoms with Gasteiger partial charge in [0, 0.05) is 36.6 Å². The minimum atomic E-state index is -0.937. The van der Waals surface area contributed by atoms with E-state index >= 15 is 0 Å². The van der Waals surface area contributed by atoms with Gasteiger partial charge in [0.1, 0.15) is 0 Å². The Kier molecular flexibility index (Phi) is 7.34. The number of hydrogen-bond donors (Lipinski definition) is 2. The van der Waals surface area contributed by atoms with Crippen molar-refractivity contribution < 1.29 is 14.7 Å². The molecule has 0 atom stereocenters. The number of carboxylic acid groups (broad SMARTS) is 1. The molecule has 0 aliphatic heterocycles. The number of nitrogens with zero attached hydrogens (tertiary/aromatic N) is 2. The zero-order valence-corrected chi connectivity index (χ0v) is 19.6. The summed E-state index contributed by atoms with van der Waals surface area (Å²) < 4.78 is 0. The smallest absolute Gasteiger partial charge is 0.305 e. The Morgan fingerprint density at radius 1 is 0.912 bits per heavy atom. The lowest BCUT2D eigenvalue weighted by Crippen LogP contribution is -2.26. The van der Waals surface area contributed by atoms with Gasteiger partial charge in [-0.2, -0.15) is 0 Å². The highest BCUT2D eigenvalue weighted by Crippen LogP contribution is 2.29. The van der Waals surface area contributed by atoms with Crippen LogP contribution in [-0.2, 0) is 11.3 Å². The number of thiazole rings is 1. The van der Waals surface area contributed by atoms with Crippen LogP contribution in [0.1, 0.15) is 22.3 Å². The number of aromatic nitrogens is 1. The van der Waals surface area contributed by atoms with Crippen LogP contribution in [0, 0.1) is 0 Å². The fourth-order valence-corrected chi connectivity index (χ4v) is 4.33. The lowest BCUT2D eigenvalue weighted by Gasteiger charge is -2.16. The number of anilines is 1. The number of hydrogen-bond acceptors (Lipinski definition) is 5. The molecule has 0 radical (unpaired) electrons. The van der Waals surface area contributed by atoms with Gasteiger partial charge >= 0.3 is 5.97 Å². The van der Waals surface area contributed by atoms with Gasteiger partial charge < -0.3 is 15.3 Å². The minimum Gasteiger partial charge on any atom is -0.481 e. The van der Waals surface area contributed by atoms with Crippen LogP contribution in [0.25, 0.3) is 22.4 Å². The molecular weight excluding hydrogens is 446 g/mol. The summed E-state index contributed by atoms with van der Waals surface area (Å²) in [5.74, 6) is -1.21. The van der Waals surface area contributed by atoms with Crippen LogP contribution in [-0.4, -0.2) is 35.6 Å². The highest BCUT2D eigenvalue weighted by molar-refractivity contribution is 7.14. The number of amides is 1. The zero-order chi connectivity index (χ0) is 23.9. The number of benzene rings is 3. The van der Waals surface area contributed by atoms with Crippen molar-refractivity contribution in [3.05, 3.63) is 95.4 Å². The van der Waals surface area contributed by atoms with Crippen LogP contribution in [0.3, 0.4) is 0 Å². The Labute approximate surface area is 202 Å². The maximum absolute atomic E-state index is 12.1. The number of aliphatic carboxylic acids is 1. The van der Waals surface area contributed by atoms with Crippen LogP contribution in [0.15, 0.2) is 84.2 Å².